The molecule has 2 heterocycles. The maximum Gasteiger partial charge on any atom is 0.307 e. The van der Waals surface area contributed by atoms with E-state index in [0.717, 1.165) is 39.3 Å². The summed E-state index contributed by atoms with van der Waals surface area (Å²) in [6.45, 7) is 2.62. The van der Waals surface area contributed by atoms with Gasteiger partial charge in [0.05, 0.1) is 11.9 Å². The molecule has 3 aromatic rings. The van der Waals surface area contributed by atoms with E-state index >= 15 is 0 Å². The fourth-order valence-corrected chi connectivity index (χ4v) is 3.18. The van der Waals surface area contributed by atoms with Gasteiger partial charge in [-0.1, -0.05) is 24.3 Å². The van der Waals surface area contributed by atoms with Crippen molar-refractivity contribution in [2.24, 2.45) is 0 Å². The highest BCUT2D eigenvalue weighted by Crippen LogP contribution is 2.33. The number of ether oxygens (including phenoxy) is 2. The third-order valence-corrected chi connectivity index (χ3v) is 4.43. The van der Waals surface area contributed by atoms with Crippen LogP contribution in [-0.4, -0.2) is 22.9 Å². The lowest BCUT2D eigenvalue weighted by Gasteiger charge is -2.16. The van der Waals surface area contributed by atoms with E-state index < -0.39 is 5.97 Å². The highest BCUT2D eigenvalue weighted by molar-refractivity contribution is 5.94. The fourth-order valence-electron chi connectivity index (χ4n) is 3.18. The standard InChI is InChI=1S/C20H18N2O4/c1-12-15(9-19(23)24)20(14-4-2-3-5-16(14)22-12)21-10-13-6-7-17-18(8-13)26-11-25-17/h2-8H,9-11H2,1H3,(H,21,22)(H,23,24). The van der Waals surface area contributed by atoms with Crippen LogP contribution in [0, 0.1) is 6.92 Å². The van der Waals surface area contributed by atoms with E-state index in [-0.39, 0.29) is 13.2 Å². The second-order valence-electron chi connectivity index (χ2n) is 6.18. The Kier molecular flexibility index (Phi) is 4.08. The van der Waals surface area contributed by atoms with Gasteiger partial charge < -0.3 is 19.9 Å². The summed E-state index contributed by atoms with van der Waals surface area (Å²) in [5.41, 5.74) is 4.10. The van der Waals surface area contributed by atoms with Gasteiger partial charge in [0.15, 0.2) is 11.5 Å². The number of aryl methyl sites for hydroxylation is 1. The number of aliphatic carboxylic acids is 1. The van der Waals surface area contributed by atoms with Crippen LogP contribution in [0.1, 0.15) is 16.8 Å². The van der Waals surface area contributed by atoms with E-state index in [2.05, 4.69) is 10.3 Å². The minimum Gasteiger partial charge on any atom is -0.481 e. The normalized spacial score (nSPS) is 12.3. The van der Waals surface area contributed by atoms with E-state index in [1.807, 2.05) is 49.4 Å². The molecule has 6 heteroatoms. The van der Waals surface area contributed by atoms with Crippen LogP contribution < -0.4 is 14.8 Å². The average molecular weight is 350 g/mol. The van der Waals surface area contributed by atoms with Crippen LogP contribution in [0.5, 0.6) is 11.5 Å². The van der Waals surface area contributed by atoms with Crippen molar-refractivity contribution >= 4 is 22.6 Å². The molecule has 132 valence electrons. The second-order valence-corrected chi connectivity index (χ2v) is 6.18. The molecule has 0 saturated heterocycles. The first-order chi connectivity index (χ1) is 12.6. The number of carbonyl (C=O) groups is 1. The van der Waals surface area contributed by atoms with E-state index in [1.54, 1.807) is 0 Å². The van der Waals surface area contributed by atoms with Crippen molar-refractivity contribution < 1.29 is 19.4 Å². The summed E-state index contributed by atoms with van der Waals surface area (Å²) in [5, 5.41) is 13.6. The number of benzene rings is 2. The highest BCUT2D eigenvalue weighted by Gasteiger charge is 2.16. The lowest BCUT2D eigenvalue weighted by molar-refractivity contribution is -0.136. The highest BCUT2D eigenvalue weighted by atomic mass is 16.7. The largest absolute Gasteiger partial charge is 0.481 e. The van der Waals surface area contributed by atoms with E-state index in [9.17, 15) is 9.90 Å². The Hall–Kier alpha value is -3.28. The minimum atomic E-state index is -0.878. The average Bonchev–Trinajstić information content (AvgIpc) is 3.09. The summed E-state index contributed by atoms with van der Waals surface area (Å²) >= 11 is 0. The summed E-state index contributed by atoms with van der Waals surface area (Å²) in [5.74, 6) is 0.590. The molecule has 0 saturated carbocycles. The molecular formula is C20H18N2O4. The topological polar surface area (TPSA) is 80.7 Å². The number of para-hydroxylation sites is 1. The Morgan fingerprint density at radius 1 is 1.19 bits per heavy atom. The zero-order valence-electron chi connectivity index (χ0n) is 14.3. The molecule has 0 radical (unpaired) electrons. The number of nitrogens with one attached hydrogen (secondary N) is 1. The zero-order chi connectivity index (χ0) is 18.1. The number of fused-ring (bicyclic) bond motifs is 2. The van der Waals surface area contributed by atoms with Crippen LogP contribution in [0.25, 0.3) is 10.9 Å². The number of carboxylic acid groups (broad SMARTS) is 1. The van der Waals surface area contributed by atoms with Crippen LogP contribution in [0.4, 0.5) is 5.69 Å². The Morgan fingerprint density at radius 2 is 2.00 bits per heavy atom. The molecule has 0 atom stereocenters. The molecular weight excluding hydrogens is 332 g/mol. The van der Waals surface area contributed by atoms with Crippen LogP contribution in [0.15, 0.2) is 42.5 Å². The van der Waals surface area contributed by atoms with Gasteiger partial charge in [-0.3, -0.25) is 9.78 Å². The Bertz CT molecular complexity index is 1000. The SMILES string of the molecule is Cc1nc2ccccc2c(NCc2ccc3c(c2)OCO3)c1CC(=O)O. The van der Waals surface area contributed by atoms with Crippen molar-refractivity contribution in [1.82, 2.24) is 4.98 Å². The van der Waals surface area contributed by atoms with Crippen molar-refractivity contribution in [1.29, 1.82) is 0 Å². The lowest BCUT2D eigenvalue weighted by atomic mass is 10.0. The smallest absolute Gasteiger partial charge is 0.307 e. The molecule has 0 bridgehead atoms. The summed E-state index contributed by atoms with van der Waals surface area (Å²) in [6.07, 6.45) is -0.0763. The van der Waals surface area contributed by atoms with Gasteiger partial charge >= 0.3 is 5.97 Å². The fraction of sp³-hybridized carbons (Fsp3) is 0.200. The summed E-state index contributed by atoms with van der Waals surface area (Å²) < 4.78 is 10.8. The minimum absolute atomic E-state index is 0.0763. The zero-order valence-corrected chi connectivity index (χ0v) is 14.3. The third-order valence-electron chi connectivity index (χ3n) is 4.43. The van der Waals surface area contributed by atoms with Crippen molar-refractivity contribution in [2.45, 2.75) is 19.9 Å². The monoisotopic (exact) mass is 350 g/mol. The van der Waals surface area contributed by atoms with Gasteiger partial charge in [-0.05, 0) is 30.7 Å². The van der Waals surface area contributed by atoms with E-state index in [1.165, 1.54) is 0 Å². The molecule has 2 N–H and O–H groups in total. The van der Waals surface area contributed by atoms with Gasteiger partial charge in [-0.15, -0.1) is 0 Å². The summed E-state index contributed by atoms with van der Waals surface area (Å²) in [6, 6.07) is 13.5. The lowest BCUT2D eigenvalue weighted by Crippen LogP contribution is -2.10. The van der Waals surface area contributed by atoms with Gasteiger partial charge in [0, 0.05) is 28.9 Å². The number of carboxylic acids is 1. The van der Waals surface area contributed by atoms with Crippen molar-refractivity contribution in [3.8, 4) is 11.5 Å². The number of hydrogen-bond acceptors (Lipinski definition) is 5. The number of aromatic nitrogens is 1. The molecule has 2 aromatic carbocycles. The van der Waals surface area contributed by atoms with Gasteiger partial charge in [0.1, 0.15) is 0 Å². The Balaban J connectivity index is 1.71. The maximum absolute atomic E-state index is 11.3. The van der Waals surface area contributed by atoms with Crippen molar-refractivity contribution in [3.05, 3.63) is 59.3 Å². The molecule has 0 spiro atoms. The van der Waals surface area contributed by atoms with Crippen LogP contribution in [0.2, 0.25) is 0 Å². The van der Waals surface area contributed by atoms with Crippen LogP contribution >= 0.6 is 0 Å². The summed E-state index contributed by atoms with van der Waals surface area (Å²) in [4.78, 5) is 15.9. The molecule has 0 fully saturated rings. The number of pyridine rings is 1. The van der Waals surface area contributed by atoms with E-state index in [0.29, 0.717) is 12.1 Å². The van der Waals surface area contributed by atoms with Crippen LogP contribution in [0.3, 0.4) is 0 Å². The quantitative estimate of drug-likeness (QED) is 0.733. The van der Waals surface area contributed by atoms with E-state index in [4.69, 9.17) is 9.47 Å². The Labute approximate surface area is 150 Å². The number of nitrogens with zero attached hydrogens (tertiary/aromatic N) is 1. The molecule has 0 unspecified atom stereocenters. The summed E-state index contributed by atoms with van der Waals surface area (Å²) in [7, 11) is 0. The molecule has 1 aliphatic rings. The third kappa shape index (κ3) is 3.01. The first-order valence-corrected chi connectivity index (χ1v) is 8.34. The molecule has 6 nitrogen and oxygen atoms in total. The molecule has 0 amide bonds. The number of hydrogen-bond donors (Lipinski definition) is 2. The molecule has 0 aliphatic carbocycles. The predicted molar refractivity (Wildman–Crippen MR) is 97.7 cm³/mol. The molecule has 1 aliphatic heterocycles. The Morgan fingerprint density at radius 3 is 2.85 bits per heavy atom. The molecule has 26 heavy (non-hydrogen) atoms. The van der Waals surface area contributed by atoms with Gasteiger partial charge in [-0.2, -0.15) is 0 Å². The van der Waals surface area contributed by atoms with Gasteiger partial charge in [0.25, 0.3) is 0 Å². The first-order valence-electron chi connectivity index (χ1n) is 8.34. The predicted octanol–water partition coefficient (Wildman–Crippen LogP) is 3.51. The molecule has 4 rings (SSSR count). The van der Waals surface area contributed by atoms with Gasteiger partial charge in [0.2, 0.25) is 6.79 Å². The number of rotatable bonds is 5. The van der Waals surface area contributed by atoms with Crippen molar-refractivity contribution in [2.75, 3.05) is 12.1 Å². The number of anilines is 1. The second kappa shape index (κ2) is 6.55. The van der Waals surface area contributed by atoms with Crippen LogP contribution in [-0.2, 0) is 17.8 Å². The van der Waals surface area contributed by atoms with Gasteiger partial charge in [-0.25, -0.2) is 0 Å². The first kappa shape index (κ1) is 16.2. The maximum atomic E-state index is 11.3. The van der Waals surface area contributed by atoms with Crippen molar-refractivity contribution in [3.63, 3.8) is 0 Å². The molecule has 1 aromatic heterocycles.